The molecule has 0 radical (unpaired) electrons. The number of amides is 1. The number of aromatic nitrogens is 1. The summed E-state index contributed by atoms with van der Waals surface area (Å²) < 4.78 is 24.7. The summed E-state index contributed by atoms with van der Waals surface area (Å²) in [6.45, 7) is 4.30. The third-order valence-corrected chi connectivity index (χ3v) is 5.47. The summed E-state index contributed by atoms with van der Waals surface area (Å²) in [4.78, 5) is 15.7. The fourth-order valence-corrected chi connectivity index (χ4v) is 3.83. The second-order valence-corrected chi connectivity index (χ2v) is 7.22. The van der Waals surface area contributed by atoms with E-state index in [-0.39, 0.29) is 11.7 Å². The van der Waals surface area contributed by atoms with Crippen LogP contribution < -0.4 is 20.1 Å². The Balaban J connectivity index is 1.78. The number of benzene rings is 2. The summed E-state index contributed by atoms with van der Waals surface area (Å²) >= 11 is 0. The minimum Gasteiger partial charge on any atom is -0.496 e. The van der Waals surface area contributed by atoms with Gasteiger partial charge in [-0.2, -0.15) is 0 Å². The first-order valence-corrected chi connectivity index (χ1v) is 9.51. The van der Waals surface area contributed by atoms with E-state index in [1.54, 1.807) is 32.4 Å². The number of rotatable bonds is 6. The molecule has 3 aromatic rings. The minimum atomic E-state index is -0.268. The molecular weight excluding hydrogens is 378 g/mol. The van der Waals surface area contributed by atoms with Gasteiger partial charge in [0.05, 0.1) is 25.0 Å². The van der Waals surface area contributed by atoms with Crippen molar-refractivity contribution in [3.8, 4) is 11.5 Å². The monoisotopic (exact) mass is 402 g/mol. The Bertz CT molecular complexity index is 1020. The van der Waals surface area contributed by atoms with Gasteiger partial charge in [0.25, 0.3) is 5.91 Å². The van der Waals surface area contributed by atoms with E-state index >= 15 is 0 Å². The fourth-order valence-electron chi connectivity index (χ4n) is 3.43. The normalized spacial score (nSPS) is 10.9. The lowest BCUT2D eigenvalue weighted by molar-refractivity contribution is 0.0953. The van der Waals surface area contributed by atoms with E-state index in [2.05, 4.69) is 19.5 Å². The Morgan fingerprint density at radius 3 is 2.43 bits per heavy atom. The van der Waals surface area contributed by atoms with Gasteiger partial charge in [0.15, 0.2) is 0 Å². The van der Waals surface area contributed by atoms with Crippen LogP contribution in [-0.2, 0) is 6.42 Å². The molecule has 1 unspecified atom stereocenters. The van der Waals surface area contributed by atoms with Crippen LogP contribution in [0.2, 0.25) is 0 Å². The molecule has 1 amide bonds. The summed E-state index contributed by atoms with van der Waals surface area (Å²) in [7, 11) is 5.64. The maximum Gasteiger partial charge on any atom is 0.251 e. The highest BCUT2D eigenvalue weighted by Crippen LogP contribution is 2.28. The summed E-state index contributed by atoms with van der Waals surface area (Å²) in [5.74, 6) is 0.638. The predicted molar refractivity (Wildman–Crippen MR) is 113 cm³/mol. The zero-order valence-electron chi connectivity index (χ0n) is 16.4. The molecule has 1 aromatic heterocycles. The molecule has 0 spiro atoms. The smallest absolute Gasteiger partial charge is 0.251 e. The second kappa shape index (κ2) is 8.19. The SMILES string of the molecule is COc1cc(C(=O)NCCc2c(C)[nH]c3c(F)ccc(C)c23)cc(OC)c1P. The first-order valence-electron chi connectivity index (χ1n) is 8.93. The molecule has 148 valence electrons. The van der Waals surface area contributed by atoms with E-state index in [1.807, 2.05) is 13.8 Å². The van der Waals surface area contributed by atoms with Crippen molar-refractivity contribution in [1.29, 1.82) is 0 Å². The first kappa shape index (κ1) is 20.2. The van der Waals surface area contributed by atoms with Crippen molar-refractivity contribution in [1.82, 2.24) is 10.3 Å². The van der Waals surface area contributed by atoms with E-state index in [0.29, 0.717) is 35.5 Å². The molecule has 3 rings (SSSR count). The molecule has 7 heteroatoms. The Morgan fingerprint density at radius 1 is 1.18 bits per heavy atom. The lowest BCUT2D eigenvalue weighted by Gasteiger charge is -2.12. The molecule has 5 nitrogen and oxygen atoms in total. The summed E-state index contributed by atoms with van der Waals surface area (Å²) in [5.41, 5.74) is 3.91. The average Bonchev–Trinajstić information content (AvgIpc) is 3.02. The zero-order chi connectivity index (χ0) is 20.4. The Morgan fingerprint density at radius 2 is 1.82 bits per heavy atom. The van der Waals surface area contributed by atoms with Crippen LogP contribution in [0.3, 0.4) is 0 Å². The highest BCUT2D eigenvalue weighted by molar-refractivity contribution is 7.28. The van der Waals surface area contributed by atoms with Gasteiger partial charge in [-0.1, -0.05) is 15.3 Å². The minimum absolute atomic E-state index is 0.220. The van der Waals surface area contributed by atoms with E-state index in [1.165, 1.54) is 6.07 Å². The van der Waals surface area contributed by atoms with Crippen molar-refractivity contribution < 1.29 is 18.7 Å². The van der Waals surface area contributed by atoms with E-state index in [0.717, 1.165) is 27.5 Å². The molecule has 2 N–H and O–H groups in total. The van der Waals surface area contributed by atoms with Crippen LogP contribution >= 0.6 is 9.24 Å². The number of H-pyrrole nitrogens is 1. The molecule has 28 heavy (non-hydrogen) atoms. The van der Waals surface area contributed by atoms with Gasteiger partial charge in [0.2, 0.25) is 0 Å². The molecule has 1 atom stereocenters. The van der Waals surface area contributed by atoms with Gasteiger partial charge in [0, 0.05) is 23.2 Å². The fraction of sp³-hybridized carbons (Fsp3) is 0.286. The van der Waals surface area contributed by atoms with Crippen LogP contribution in [0.5, 0.6) is 11.5 Å². The van der Waals surface area contributed by atoms with Gasteiger partial charge in [0.1, 0.15) is 17.3 Å². The number of halogens is 1. The maximum absolute atomic E-state index is 14.1. The summed E-state index contributed by atoms with van der Waals surface area (Å²) in [6, 6.07) is 6.60. The number of carbonyl (C=O) groups is 1. The third-order valence-electron chi connectivity index (χ3n) is 4.90. The summed E-state index contributed by atoms with van der Waals surface area (Å²) in [6.07, 6.45) is 0.595. The number of hydrogen-bond donors (Lipinski definition) is 2. The molecular formula is C21H24FN2O3P. The van der Waals surface area contributed by atoms with Gasteiger partial charge in [-0.25, -0.2) is 4.39 Å². The topological polar surface area (TPSA) is 63.3 Å². The molecule has 0 saturated carbocycles. The number of carbonyl (C=O) groups excluding carboxylic acids is 1. The quantitative estimate of drug-likeness (QED) is 0.621. The number of hydrogen-bond acceptors (Lipinski definition) is 3. The molecule has 0 fully saturated rings. The van der Waals surface area contributed by atoms with Gasteiger partial charge in [-0.3, -0.25) is 4.79 Å². The van der Waals surface area contributed by atoms with Crippen molar-refractivity contribution >= 4 is 31.4 Å². The Hall–Kier alpha value is -2.59. The van der Waals surface area contributed by atoms with Crippen LogP contribution in [0.4, 0.5) is 4.39 Å². The van der Waals surface area contributed by atoms with E-state index < -0.39 is 0 Å². The van der Waals surface area contributed by atoms with Crippen molar-refractivity contribution in [3.05, 3.63) is 52.5 Å². The van der Waals surface area contributed by atoms with Crippen LogP contribution in [-0.4, -0.2) is 31.7 Å². The van der Waals surface area contributed by atoms with Crippen molar-refractivity contribution in [2.75, 3.05) is 20.8 Å². The van der Waals surface area contributed by atoms with Crippen molar-refractivity contribution in [3.63, 3.8) is 0 Å². The number of methoxy groups -OCH3 is 2. The highest BCUT2D eigenvalue weighted by atomic mass is 31.0. The lowest BCUT2D eigenvalue weighted by Crippen LogP contribution is -2.26. The van der Waals surface area contributed by atoms with Crippen LogP contribution in [0.1, 0.15) is 27.2 Å². The van der Waals surface area contributed by atoms with Crippen LogP contribution in [0.25, 0.3) is 10.9 Å². The average molecular weight is 402 g/mol. The zero-order valence-corrected chi connectivity index (χ0v) is 17.6. The summed E-state index contributed by atoms with van der Waals surface area (Å²) in [5, 5.41) is 4.57. The number of nitrogens with one attached hydrogen (secondary N) is 2. The molecule has 2 aromatic carbocycles. The van der Waals surface area contributed by atoms with Crippen molar-refractivity contribution in [2.45, 2.75) is 20.3 Å². The van der Waals surface area contributed by atoms with Gasteiger partial charge in [-0.15, -0.1) is 0 Å². The third kappa shape index (κ3) is 3.69. The number of fused-ring (bicyclic) bond motifs is 1. The highest BCUT2D eigenvalue weighted by Gasteiger charge is 2.16. The molecule has 0 saturated heterocycles. The molecule has 0 aliphatic rings. The van der Waals surface area contributed by atoms with Gasteiger partial charge in [-0.05, 0) is 49.6 Å². The number of aromatic amines is 1. The van der Waals surface area contributed by atoms with Gasteiger partial charge >= 0.3 is 0 Å². The number of aryl methyl sites for hydroxylation is 2. The van der Waals surface area contributed by atoms with E-state index in [4.69, 9.17) is 9.47 Å². The Labute approximate surface area is 165 Å². The molecule has 0 aliphatic carbocycles. The molecule has 1 heterocycles. The Kier molecular flexibility index (Phi) is 5.90. The molecule has 0 bridgehead atoms. The van der Waals surface area contributed by atoms with Gasteiger partial charge < -0.3 is 19.8 Å². The standard InChI is InChI=1S/C21H24FN2O3P/c1-11-5-6-15(22)19-18(11)14(12(2)24-19)7-8-23-21(25)13-9-16(26-3)20(28)17(10-13)27-4/h5-6,9-10,24H,7-8,28H2,1-4H3,(H,23,25). The lowest BCUT2D eigenvalue weighted by atomic mass is 10.0. The van der Waals surface area contributed by atoms with E-state index in [9.17, 15) is 9.18 Å². The largest absolute Gasteiger partial charge is 0.496 e. The van der Waals surface area contributed by atoms with Crippen LogP contribution in [0, 0.1) is 19.7 Å². The van der Waals surface area contributed by atoms with Crippen molar-refractivity contribution in [2.24, 2.45) is 0 Å². The molecule has 0 aliphatic heterocycles. The van der Waals surface area contributed by atoms with Crippen LogP contribution in [0.15, 0.2) is 24.3 Å². The predicted octanol–water partition coefficient (Wildman–Crippen LogP) is 3.41. The maximum atomic E-state index is 14.1. The first-order chi connectivity index (χ1) is 13.4. The second-order valence-electron chi connectivity index (χ2n) is 6.64. The number of ether oxygens (including phenoxy) is 2.